The molecule has 0 saturated heterocycles. The average molecular weight is 455 g/mol. The number of amides is 1. The number of oxime groups is 1. The Morgan fingerprint density at radius 1 is 1.28 bits per heavy atom. The van der Waals surface area contributed by atoms with Crippen molar-refractivity contribution in [2.75, 3.05) is 5.32 Å². The van der Waals surface area contributed by atoms with E-state index in [4.69, 9.17) is 16.8 Å². The first-order valence-electron chi connectivity index (χ1n) is 10.9. The van der Waals surface area contributed by atoms with Gasteiger partial charge < -0.3 is 15.8 Å². The van der Waals surface area contributed by atoms with Gasteiger partial charge in [0, 0.05) is 23.8 Å². The van der Waals surface area contributed by atoms with Gasteiger partial charge in [0.1, 0.15) is 0 Å². The SMILES string of the molecule is CCn1ncc2c(NC3CCC(=NO)CC3)c(C(=O)NC(C)c3ccc(Cl)cc3)cnc21. The first-order valence-corrected chi connectivity index (χ1v) is 11.2. The first-order chi connectivity index (χ1) is 15.5. The molecule has 1 aromatic carbocycles. The molecule has 9 heteroatoms. The minimum atomic E-state index is -0.206. The van der Waals surface area contributed by atoms with E-state index in [0.717, 1.165) is 53.7 Å². The molecule has 2 heterocycles. The van der Waals surface area contributed by atoms with Gasteiger partial charge in [0.05, 0.1) is 34.6 Å². The van der Waals surface area contributed by atoms with Crippen LogP contribution in [0.5, 0.6) is 0 Å². The lowest BCUT2D eigenvalue weighted by atomic mass is 9.93. The minimum absolute atomic E-state index is 0.163. The first kappa shape index (κ1) is 22.1. The molecule has 1 fully saturated rings. The predicted octanol–water partition coefficient (Wildman–Crippen LogP) is 4.78. The summed E-state index contributed by atoms with van der Waals surface area (Å²) in [7, 11) is 0. The number of nitrogens with one attached hydrogen (secondary N) is 2. The largest absolute Gasteiger partial charge is 0.411 e. The van der Waals surface area contributed by atoms with E-state index in [1.165, 1.54) is 0 Å². The van der Waals surface area contributed by atoms with Crippen LogP contribution >= 0.6 is 11.6 Å². The number of hydrogen-bond donors (Lipinski definition) is 3. The van der Waals surface area contributed by atoms with Crippen LogP contribution in [-0.2, 0) is 6.54 Å². The van der Waals surface area contributed by atoms with Gasteiger partial charge in [-0.05, 0) is 57.2 Å². The zero-order valence-electron chi connectivity index (χ0n) is 18.2. The highest BCUT2D eigenvalue weighted by atomic mass is 35.5. The third-order valence-corrected chi connectivity index (χ3v) is 6.23. The number of halogens is 1. The second-order valence-electron chi connectivity index (χ2n) is 8.08. The fourth-order valence-corrected chi connectivity index (χ4v) is 4.22. The topological polar surface area (TPSA) is 104 Å². The van der Waals surface area contributed by atoms with Gasteiger partial charge >= 0.3 is 0 Å². The summed E-state index contributed by atoms with van der Waals surface area (Å²) in [6.07, 6.45) is 6.49. The van der Waals surface area contributed by atoms with Crippen LogP contribution in [0.2, 0.25) is 5.02 Å². The molecule has 1 saturated carbocycles. The van der Waals surface area contributed by atoms with Crippen molar-refractivity contribution in [3.8, 4) is 0 Å². The highest BCUT2D eigenvalue weighted by Crippen LogP contribution is 2.30. The fourth-order valence-electron chi connectivity index (χ4n) is 4.09. The maximum atomic E-state index is 13.3. The van der Waals surface area contributed by atoms with E-state index < -0.39 is 0 Å². The van der Waals surface area contributed by atoms with Crippen LogP contribution in [0.3, 0.4) is 0 Å². The van der Waals surface area contributed by atoms with Crippen LogP contribution < -0.4 is 10.6 Å². The third-order valence-electron chi connectivity index (χ3n) is 5.98. The van der Waals surface area contributed by atoms with Gasteiger partial charge in [-0.15, -0.1) is 0 Å². The number of nitrogens with zero attached hydrogens (tertiary/aromatic N) is 4. The second-order valence-corrected chi connectivity index (χ2v) is 8.51. The van der Waals surface area contributed by atoms with Crippen LogP contribution in [-0.4, -0.2) is 37.6 Å². The summed E-state index contributed by atoms with van der Waals surface area (Å²) in [5, 5.41) is 24.9. The fraction of sp³-hybridized carbons (Fsp3) is 0.391. The van der Waals surface area contributed by atoms with Crippen LogP contribution in [0.1, 0.15) is 61.5 Å². The molecule has 0 bridgehead atoms. The number of carbonyl (C=O) groups is 1. The Morgan fingerprint density at radius 3 is 2.66 bits per heavy atom. The van der Waals surface area contributed by atoms with Crippen molar-refractivity contribution >= 4 is 39.9 Å². The van der Waals surface area contributed by atoms with Crippen molar-refractivity contribution in [3.63, 3.8) is 0 Å². The number of rotatable bonds is 6. The van der Waals surface area contributed by atoms with Crippen LogP contribution in [0.15, 0.2) is 41.8 Å². The Bertz CT molecular complexity index is 1130. The molecule has 0 spiro atoms. The number of benzene rings is 1. The monoisotopic (exact) mass is 454 g/mol. The van der Waals surface area contributed by atoms with E-state index in [1.54, 1.807) is 12.4 Å². The van der Waals surface area contributed by atoms with Gasteiger partial charge in [-0.25, -0.2) is 9.67 Å². The second kappa shape index (κ2) is 9.56. The van der Waals surface area contributed by atoms with Crippen molar-refractivity contribution in [2.45, 2.75) is 58.2 Å². The zero-order valence-corrected chi connectivity index (χ0v) is 18.9. The van der Waals surface area contributed by atoms with Crippen molar-refractivity contribution in [1.82, 2.24) is 20.1 Å². The van der Waals surface area contributed by atoms with Crippen molar-refractivity contribution < 1.29 is 10.0 Å². The smallest absolute Gasteiger partial charge is 0.255 e. The molecule has 3 N–H and O–H groups in total. The molecule has 1 amide bonds. The van der Waals surface area contributed by atoms with E-state index in [2.05, 4.69) is 25.9 Å². The van der Waals surface area contributed by atoms with E-state index in [0.29, 0.717) is 17.1 Å². The summed E-state index contributed by atoms with van der Waals surface area (Å²) in [5.74, 6) is -0.206. The predicted molar refractivity (Wildman–Crippen MR) is 126 cm³/mol. The average Bonchev–Trinajstić information content (AvgIpc) is 3.23. The molecule has 4 rings (SSSR count). The van der Waals surface area contributed by atoms with Crippen LogP contribution in [0.4, 0.5) is 5.69 Å². The number of pyridine rings is 1. The molecule has 1 aliphatic carbocycles. The summed E-state index contributed by atoms with van der Waals surface area (Å²) in [4.78, 5) is 17.8. The molecule has 1 atom stereocenters. The molecule has 1 unspecified atom stereocenters. The minimum Gasteiger partial charge on any atom is -0.411 e. The van der Waals surface area contributed by atoms with Gasteiger partial charge in [0.25, 0.3) is 5.91 Å². The lowest BCUT2D eigenvalue weighted by molar-refractivity contribution is 0.0940. The summed E-state index contributed by atoms with van der Waals surface area (Å²) in [5.41, 5.74) is 3.75. The van der Waals surface area contributed by atoms with Gasteiger partial charge in [-0.2, -0.15) is 5.10 Å². The lowest BCUT2D eigenvalue weighted by Crippen LogP contribution is -2.30. The molecule has 2 aromatic heterocycles. The molecule has 168 valence electrons. The highest BCUT2D eigenvalue weighted by molar-refractivity contribution is 6.30. The Morgan fingerprint density at radius 2 is 2.00 bits per heavy atom. The number of fused-ring (bicyclic) bond motifs is 1. The van der Waals surface area contributed by atoms with Crippen molar-refractivity contribution in [2.24, 2.45) is 5.16 Å². The Balaban J connectivity index is 1.63. The number of anilines is 1. The summed E-state index contributed by atoms with van der Waals surface area (Å²) in [6, 6.07) is 7.40. The van der Waals surface area contributed by atoms with E-state index in [1.807, 2.05) is 42.8 Å². The molecule has 1 aliphatic rings. The summed E-state index contributed by atoms with van der Waals surface area (Å²) in [6.45, 7) is 4.63. The maximum Gasteiger partial charge on any atom is 0.255 e. The van der Waals surface area contributed by atoms with Gasteiger partial charge in [-0.3, -0.25) is 4.79 Å². The standard InChI is InChI=1S/C23H27ClN6O2/c1-3-30-22-19(13-26-30)21(28-17-8-10-18(29-32)11-9-17)20(12-25-22)23(31)27-14(2)15-4-6-16(24)7-5-15/h4-7,12-14,17,32H,3,8-11H2,1-2H3,(H,25,28)(H,27,31). The Labute approximate surface area is 191 Å². The van der Waals surface area contributed by atoms with Gasteiger partial charge in [0.15, 0.2) is 5.65 Å². The van der Waals surface area contributed by atoms with E-state index >= 15 is 0 Å². The molecular formula is C23H27ClN6O2. The van der Waals surface area contributed by atoms with Gasteiger partial charge in [-0.1, -0.05) is 28.9 Å². The Hall–Kier alpha value is -3.13. The van der Waals surface area contributed by atoms with Gasteiger partial charge in [0.2, 0.25) is 0 Å². The molecule has 0 radical (unpaired) electrons. The summed E-state index contributed by atoms with van der Waals surface area (Å²) < 4.78 is 1.82. The normalized spacial score (nSPS) is 17.2. The van der Waals surface area contributed by atoms with E-state index in [9.17, 15) is 4.79 Å². The molecule has 32 heavy (non-hydrogen) atoms. The molecule has 0 aliphatic heterocycles. The molecule has 8 nitrogen and oxygen atoms in total. The zero-order chi connectivity index (χ0) is 22.7. The highest BCUT2D eigenvalue weighted by Gasteiger charge is 2.24. The van der Waals surface area contributed by atoms with E-state index in [-0.39, 0.29) is 18.0 Å². The molecule has 3 aromatic rings. The number of aryl methyl sites for hydroxylation is 1. The van der Waals surface area contributed by atoms with Crippen LogP contribution in [0, 0.1) is 0 Å². The van der Waals surface area contributed by atoms with Crippen molar-refractivity contribution in [3.05, 3.63) is 52.8 Å². The lowest BCUT2D eigenvalue weighted by Gasteiger charge is -2.26. The Kier molecular flexibility index (Phi) is 6.60. The quantitative estimate of drug-likeness (QED) is 0.367. The van der Waals surface area contributed by atoms with Crippen LogP contribution in [0.25, 0.3) is 11.0 Å². The molecular weight excluding hydrogens is 428 g/mol. The van der Waals surface area contributed by atoms with Crippen molar-refractivity contribution in [1.29, 1.82) is 0 Å². The number of hydrogen-bond acceptors (Lipinski definition) is 6. The third kappa shape index (κ3) is 4.55. The number of carbonyl (C=O) groups excluding carboxylic acids is 1. The summed E-state index contributed by atoms with van der Waals surface area (Å²) >= 11 is 5.99. The number of aromatic nitrogens is 3. The maximum absolute atomic E-state index is 13.3.